The molecule has 0 saturated carbocycles. The molecule has 2 fully saturated rings. The van der Waals surface area contributed by atoms with Crippen molar-refractivity contribution < 1.29 is 19.2 Å². The van der Waals surface area contributed by atoms with Gasteiger partial charge in [-0.2, -0.15) is 0 Å². The van der Waals surface area contributed by atoms with Crippen molar-refractivity contribution in [2.75, 3.05) is 25.6 Å². The van der Waals surface area contributed by atoms with E-state index in [0.717, 1.165) is 18.4 Å². The van der Waals surface area contributed by atoms with Crippen LogP contribution in [-0.4, -0.2) is 48.1 Å². The zero-order chi connectivity index (χ0) is 22.5. The van der Waals surface area contributed by atoms with Crippen LogP contribution < -0.4 is 14.8 Å². The van der Waals surface area contributed by atoms with Crippen molar-refractivity contribution in [2.24, 2.45) is 0 Å². The smallest absolute Gasteiger partial charge is 0.256 e. The fourth-order valence-corrected chi connectivity index (χ4v) is 5.91. The summed E-state index contributed by atoms with van der Waals surface area (Å²) in [5.74, 6) is 2.55. The molecular formula is C24H23N3O5. The van der Waals surface area contributed by atoms with Crippen LogP contribution in [0.2, 0.25) is 0 Å². The predicted molar refractivity (Wildman–Crippen MR) is 117 cm³/mol. The number of rotatable bonds is 5. The van der Waals surface area contributed by atoms with E-state index in [-0.39, 0.29) is 23.5 Å². The maximum atomic E-state index is 13.5. The molecule has 2 aromatic carbocycles. The summed E-state index contributed by atoms with van der Waals surface area (Å²) < 4.78 is 11.0. The number of ether oxygens (including phenoxy) is 2. The standard InChI is InChI=1S/C24H23N3O5/c1-3-13-32-19-11-10-15(14-20(19)31-2)21-18-9-6-12-26(18)24(22(21)27(29)30)16-7-4-5-8-17(16)25-23(24)28/h1,4-5,7-8,10-11,14,18,21-22H,6,9,12-13H2,2H3,(H,25,28)/t18-,21+,22+,24+/m0/s1. The Kier molecular flexibility index (Phi) is 4.79. The zero-order valence-corrected chi connectivity index (χ0v) is 17.6. The molecule has 0 bridgehead atoms. The molecule has 1 amide bonds. The minimum Gasteiger partial charge on any atom is -0.493 e. The molecule has 1 N–H and O–H groups in total. The summed E-state index contributed by atoms with van der Waals surface area (Å²) in [4.78, 5) is 27.9. The summed E-state index contributed by atoms with van der Waals surface area (Å²) in [6.45, 7) is 0.723. The van der Waals surface area contributed by atoms with E-state index in [1.807, 2.05) is 24.3 Å². The molecule has 164 valence electrons. The molecule has 3 heterocycles. The predicted octanol–water partition coefficient (Wildman–Crippen LogP) is 2.76. The van der Waals surface area contributed by atoms with E-state index in [9.17, 15) is 14.9 Å². The third kappa shape index (κ3) is 2.64. The number of nitro groups is 1. The molecule has 0 radical (unpaired) electrons. The highest BCUT2D eigenvalue weighted by molar-refractivity contribution is 6.07. The lowest BCUT2D eigenvalue weighted by atomic mass is 9.77. The molecule has 0 aromatic heterocycles. The van der Waals surface area contributed by atoms with Crippen molar-refractivity contribution in [3.05, 3.63) is 63.7 Å². The number of hydrogen-bond donors (Lipinski definition) is 1. The van der Waals surface area contributed by atoms with Gasteiger partial charge in [0, 0.05) is 28.8 Å². The van der Waals surface area contributed by atoms with Gasteiger partial charge in [0.05, 0.1) is 13.0 Å². The molecule has 2 saturated heterocycles. The number of carbonyl (C=O) groups is 1. The molecule has 4 atom stereocenters. The van der Waals surface area contributed by atoms with Gasteiger partial charge in [0.1, 0.15) is 6.61 Å². The monoisotopic (exact) mass is 433 g/mol. The Morgan fingerprint density at radius 1 is 1.31 bits per heavy atom. The van der Waals surface area contributed by atoms with Gasteiger partial charge >= 0.3 is 0 Å². The van der Waals surface area contributed by atoms with Crippen molar-refractivity contribution in [1.29, 1.82) is 0 Å². The van der Waals surface area contributed by atoms with Gasteiger partial charge in [-0.3, -0.25) is 19.8 Å². The SMILES string of the molecule is C#CCOc1ccc([C@@H]2[C@@H]3CCCN3[C@@]3(C(=O)Nc4ccccc43)[C@@H]2[N+](=O)[O-])cc1OC. The summed E-state index contributed by atoms with van der Waals surface area (Å²) >= 11 is 0. The van der Waals surface area contributed by atoms with Crippen molar-refractivity contribution in [3.63, 3.8) is 0 Å². The summed E-state index contributed by atoms with van der Waals surface area (Å²) in [5.41, 5.74) is 0.744. The largest absolute Gasteiger partial charge is 0.493 e. The molecule has 3 aliphatic rings. The van der Waals surface area contributed by atoms with Gasteiger partial charge in [-0.25, -0.2) is 0 Å². The molecule has 8 nitrogen and oxygen atoms in total. The molecule has 0 unspecified atom stereocenters. The van der Waals surface area contributed by atoms with Crippen LogP contribution in [0.5, 0.6) is 11.5 Å². The Labute approximate surface area is 185 Å². The molecule has 2 aromatic rings. The van der Waals surface area contributed by atoms with Crippen LogP contribution in [0.25, 0.3) is 0 Å². The van der Waals surface area contributed by atoms with E-state index in [1.54, 1.807) is 18.2 Å². The average molecular weight is 433 g/mol. The van der Waals surface area contributed by atoms with Crippen molar-refractivity contribution in [1.82, 2.24) is 4.90 Å². The number of para-hydroxylation sites is 1. The number of methoxy groups -OCH3 is 1. The van der Waals surface area contributed by atoms with E-state index in [2.05, 4.69) is 16.1 Å². The fraction of sp³-hybridized carbons (Fsp3) is 0.375. The van der Waals surface area contributed by atoms with Crippen molar-refractivity contribution in [3.8, 4) is 23.8 Å². The van der Waals surface area contributed by atoms with E-state index in [4.69, 9.17) is 15.9 Å². The Hall–Kier alpha value is -3.57. The number of nitrogens with zero attached hydrogens (tertiary/aromatic N) is 2. The topological polar surface area (TPSA) is 93.9 Å². The Morgan fingerprint density at radius 3 is 2.88 bits per heavy atom. The average Bonchev–Trinajstić information content (AvgIpc) is 3.45. The number of fused-ring (bicyclic) bond motifs is 4. The number of anilines is 1. The van der Waals surface area contributed by atoms with Crippen LogP contribution in [-0.2, 0) is 10.3 Å². The maximum absolute atomic E-state index is 13.5. The second-order valence-electron chi connectivity index (χ2n) is 8.33. The number of benzene rings is 2. The van der Waals surface area contributed by atoms with Crippen LogP contribution in [0, 0.1) is 22.5 Å². The van der Waals surface area contributed by atoms with Crippen molar-refractivity contribution in [2.45, 2.75) is 36.4 Å². The Balaban J connectivity index is 1.67. The Morgan fingerprint density at radius 2 is 2.12 bits per heavy atom. The van der Waals surface area contributed by atoms with Gasteiger partial charge in [0.25, 0.3) is 11.9 Å². The summed E-state index contributed by atoms with van der Waals surface area (Å²) in [7, 11) is 1.52. The lowest BCUT2D eigenvalue weighted by Gasteiger charge is -2.32. The normalized spacial score (nSPS) is 28.1. The minimum atomic E-state index is -1.34. The quantitative estimate of drug-likeness (QED) is 0.443. The highest BCUT2D eigenvalue weighted by Gasteiger charge is 2.73. The Bertz CT molecular complexity index is 1140. The highest BCUT2D eigenvalue weighted by Crippen LogP contribution is 2.58. The van der Waals surface area contributed by atoms with Crippen LogP contribution in [0.4, 0.5) is 5.69 Å². The third-order valence-electron chi connectivity index (χ3n) is 6.98. The van der Waals surface area contributed by atoms with Crippen LogP contribution in [0.3, 0.4) is 0 Å². The van der Waals surface area contributed by atoms with Crippen LogP contribution >= 0.6 is 0 Å². The first-order valence-electron chi connectivity index (χ1n) is 10.6. The molecule has 1 spiro atoms. The zero-order valence-electron chi connectivity index (χ0n) is 17.6. The second kappa shape index (κ2) is 7.53. The van der Waals surface area contributed by atoms with Gasteiger partial charge in [-0.15, -0.1) is 6.42 Å². The molecule has 8 heteroatoms. The van der Waals surface area contributed by atoms with Gasteiger partial charge in [0.2, 0.25) is 0 Å². The fourth-order valence-electron chi connectivity index (χ4n) is 5.91. The first-order valence-corrected chi connectivity index (χ1v) is 10.6. The number of nitrogens with one attached hydrogen (secondary N) is 1. The number of hydrogen-bond acceptors (Lipinski definition) is 6. The van der Waals surface area contributed by atoms with Gasteiger partial charge in [-0.05, 0) is 36.6 Å². The summed E-state index contributed by atoms with van der Waals surface area (Å²) in [5, 5.41) is 15.5. The first kappa shape index (κ1) is 20.3. The lowest BCUT2D eigenvalue weighted by molar-refractivity contribution is -0.534. The lowest BCUT2D eigenvalue weighted by Crippen LogP contribution is -2.55. The van der Waals surface area contributed by atoms with E-state index >= 15 is 0 Å². The number of terminal acetylenes is 1. The highest BCUT2D eigenvalue weighted by atomic mass is 16.6. The molecule has 5 rings (SSSR count). The van der Waals surface area contributed by atoms with Gasteiger partial charge in [-0.1, -0.05) is 30.2 Å². The summed E-state index contributed by atoms with van der Waals surface area (Å²) in [6.07, 6.45) is 6.95. The van der Waals surface area contributed by atoms with Gasteiger partial charge in [0.15, 0.2) is 17.0 Å². The first-order chi connectivity index (χ1) is 15.5. The summed E-state index contributed by atoms with van der Waals surface area (Å²) in [6, 6.07) is 11.4. The molecule has 32 heavy (non-hydrogen) atoms. The van der Waals surface area contributed by atoms with Crippen LogP contribution in [0.1, 0.15) is 29.9 Å². The molecule has 3 aliphatic heterocycles. The second-order valence-corrected chi connectivity index (χ2v) is 8.33. The number of carbonyl (C=O) groups excluding carboxylic acids is 1. The van der Waals surface area contributed by atoms with E-state index < -0.39 is 17.5 Å². The molecular weight excluding hydrogens is 410 g/mol. The van der Waals surface area contributed by atoms with Gasteiger partial charge < -0.3 is 14.8 Å². The third-order valence-corrected chi connectivity index (χ3v) is 6.98. The molecule has 0 aliphatic carbocycles. The maximum Gasteiger partial charge on any atom is 0.256 e. The van der Waals surface area contributed by atoms with Crippen molar-refractivity contribution >= 4 is 11.6 Å². The van der Waals surface area contributed by atoms with Crippen LogP contribution in [0.15, 0.2) is 42.5 Å². The van der Waals surface area contributed by atoms with E-state index in [0.29, 0.717) is 29.3 Å². The van der Waals surface area contributed by atoms with E-state index in [1.165, 1.54) is 7.11 Å². The number of amides is 1. The minimum absolute atomic E-state index is 0.0904.